The SMILES string of the molecule is COC1CCCCC1Nc1ccc(C(=O)N(C)C)cc1. The van der Waals surface area contributed by atoms with Gasteiger partial charge in [0.1, 0.15) is 0 Å². The summed E-state index contributed by atoms with van der Waals surface area (Å²) < 4.78 is 5.55. The third-order valence-corrected chi connectivity index (χ3v) is 3.90. The van der Waals surface area contributed by atoms with Crippen molar-refractivity contribution in [1.29, 1.82) is 0 Å². The van der Waals surface area contributed by atoms with E-state index >= 15 is 0 Å². The highest BCUT2D eigenvalue weighted by molar-refractivity contribution is 5.94. The zero-order valence-electron chi connectivity index (χ0n) is 12.6. The van der Waals surface area contributed by atoms with Crippen molar-refractivity contribution in [3.8, 4) is 0 Å². The second-order valence-electron chi connectivity index (χ2n) is 5.59. The highest BCUT2D eigenvalue weighted by Gasteiger charge is 2.24. The molecule has 110 valence electrons. The molecule has 0 saturated heterocycles. The zero-order chi connectivity index (χ0) is 14.5. The Labute approximate surface area is 121 Å². The molecular weight excluding hydrogens is 252 g/mol. The normalized spacial score (nSPS) is 22.4. The molecule has 0 heterocycles. The smallest absolute Gasteiger partial charge is 0.253 e. The first-order chi connectivity index (χ1) is 9.61. The topological polar surface area (TPSA) is 41.6 Å². The van der Waals surface area contributed by atoms with Crippen LogP contribution in [0.4, 0.5) is 5.69 Å². The van der Waals surface area contributed by atoms with Crippen molar-refractivity contribution < 1.29 is 9.53 Å². The van der Waals surface area contributed by atoms with E-state index in [4.69, 9.17) is 4.74 Å². The number of carbonyl (C=O) groups is 1. The summed E-state index contributed by atoms with van der Waals surface area (Å²) in [6.45, 7) is 0. The largest absolute Gasteiger partial charge is 0.380 e. The third-order valence-electron chi connectivity index (χ3n) is 3.90. The molecule has 1 aliphatic rings. The lowest BCUT2D eigenvalue weighted by Crippen LogP contribution is -2.37. The molecule has 1 aromatic carbocycles. The van der Waals surface area contributed by atoms with Crippen molar-refractivity contribution in [3.63, 3.8) is 0 Å². The molecule has 1 aromatic rings. The summed E-state index contributed by atoms with van der Waals surface area (Å²) in [5.41, 5.74) is 1.77. The molecule has 1 N–H and O–H groups in total. The second kappa shape index (κ2) is 6.75. The fourth-order valence-electron chi connectivity index (χ4n) is 2.73. The van der Waals surface area contributed by atoms with Crippen molar-refractivity contribution in [2.45, 2.75) is 37.8 Å². The van der Waals surface area contributed by atoms with Gasteiger partial charge in [-0.2, -0.15) is 0 Å². The quantitative estimate of drug-likeness (QED) is 0.919. The average molecular weight is 276 g/mol. The van der Waals surface area contributed by atoms with E-state index in [2.05, 4.69) is 5.32 Å². The number of nitrogens with one attached hydrogen (secondary N) is 1. The van der Waals surface area contributed by atoms with Gasteiger partial charge >= 0.3 is 0 Å². The maximum absolute atomic E-state index is 11.8. The number of methoxy groups -OCH3 is 1. The summed E-state index contributed by atoms with van der Waals surface area (Å²) in [4.78, 5) is 13.4. The van der Waals surface area contributed by atoms with Crippen LogP contribution in [-0.4, -0.2) is 44.2 Å². The van der Waals surface area contributed by atoms with Crippen molar-refractivity contribution in [1.82, 2.24) is 4.90 Å². The van der Waals surface area contributed by atoms with E-state index in [1.165, 1.54) is 12.8 Å². The van der Waals surface area contributed by atoms with Crippen LogP contribution >= 0.6 is 0 Å². The van der Waals surface area contributed by atoms with Gasteiger partial charge in [0.2, 0.25) is 0 Å². The van der Waals surface area contributed by atoms with Gasteiger partial charge in [0, 0.05) is 32.5 Å². The molecule has 0 spiro atoms. The number of anilines is 1. The molecule has 2 atom stereocenters. The average Bonchev–Trinajstić information content (AvgIpc) is 2.48. The lowest BCUT2D eigenvalue weighted by atomic mass is 9.92. The fraction of sp³-hybridized carbons (Fsp3) is 0.562. The molecule has 1 saturated carbocycles. The van der Waals surface area contributed by atoms with E-state index in [0.29, 0.717) is 11.6 Å². The van der Waals surface area contributed by atoms with Gasteiger partial charge in [-0.25, -0.2) is 0 Å². The van der Waals surface area contributed by atoms with Crippen LogP contribution in [0.2, 0.25) is 0 Å². The Hall–Kier alpha value is -1.55. The monoisotopic (exact) mass is 276 g/mol. The molecule has 1 aliphatic carbocycles. The summed E-state index contributed by atoms with van der Waals surface area (Å²) in [7, 11) is 5.31. The van der Waals surface area contributed by atoms with Crippen molar-refractivity contribution in [3.05, 3.63) is 29.8 Å². The van der Waals surface area contributed by atoms with E-state index in [9.17, 15) is 4.79 Å². The molecule has 4 heteroatoms. The predicted molar refractivity (Wildman–Crippen MR) is 81.1 cm³/mol. The molecule has 0 bridgehead atoms. The maximum Gasteiger partial charge on any atom is 0.253 e. The van der Waals surface area contributed by atoms with Gasteiger partial charge in [-0.3, -0.25) is 4.79 Å². The minimum absolute atomic E-state index is 0.0315. The van der Waals surface area contributed by atoms with Gasteiger partial charge < -0.3 is 15.0 Å². The zero-order valence-corrected chi connectivity index (χ0v) is 12.6. The van der Waals surface area contributed by atoms with Gasteiger partial charge in [-0.15, -0.1) is 0 Å². The van der Waals surface area contributed by atoms with Crippen LogP contribution in [0.15, 0.2) is 24.3 Å². The van der Waals surface area contributed by atoms with Crippen LogP contribution < -0.4 is 5.32 Å². The van der Waals surface area contributed by atoms with E-state index < -0.39 is 0 Å². The number of benzene rings is 1. The maximum atomic E-state index is 11.8. The molecule has 1 fully saturated rings. The van der Waals surface area contributed by atoms with Crippen molar-refractivity contribution in [2.24, 2.45) is 0 Å². The Kier molecular flexibility index (Phi) is 5.01. The van der Waals surface area contributed by atoms with Crippen LogP contribution in [0.25, 0.3) is 0 Å². The molecule has 0 radical (unpaired) electrons. The third kappa shape index (κ3) is 3.51. The molecule has 0 aliphatic heterocycles. The molecule has 0 aromatic heterocycles. The highest BCUT2D eigenvalue weighted by atomic mass is 16.5. The van der Waals surface area contributed by atoms with E-state index in [1.807, 2.05) is 24.3 Å². The molecule has 1 amide bonds. The second-order valence-corrected chi connectivity index (χ2v) is 5.59. The van der Waals surface area contributed by atoms with Crippen LogP contribution in [-0.2, 0) is 4.74 Å². The Morgan fingerprint density at radius 3 is 2.45 bits per heavy atom. The van der Waals surface area contributed by atoms with Crippen LogP contribution in [0, 0.1) is 0 Å². The standard InChI is InChI=1S/C16H24N2O2/c1-18(2)16(19)12-8-10-13(11-9-12)17-14-6-4-5-7-15(14)20-3/h8-11,14-15,17H,4-7H2,1-3H3. The number of amides is 1. The predicted octanol–water partition coefficient (Wildman–Crippen LogP) is 2.76. The highest BCUT2D eigenvalue weighted by Crippen LogP contribution is 2.24. The minimum atomic E-state index is 0.0315. The Morgan fingerprint density at radius 1 is 1.20 bits per heavy atom. The number of rotatable bonds is 4. The molecule has 2 unspecified atom stereocenters. The van der Waals surface area contributed by atoms with Gasteiger partial charge in [-0.1, -0.05) is 12.8 Å². The Bertz CT molecular complexity index is 442. The lowest BCUT2D eigenvalue weighted by Gasteiger charge is -2.31. The Balaban J connectivity index is 2.01. The lowest BCUT2D eigenvalue weighted by molar-refractivity contribution is 0.0606. The summed E-state index contributed by atoms with van der Waals surface area (Å²) in [5.74, 6) is 0.0315. The van der Waals surface area contributed by atoms with Gasteiger partial charge in [0.15, 0.2) is 0 Å². The van der Waals surface area contributed by atoms with Crippen molar-refractivity contribution in [2.75, 3.05) is 26.5 Å². The Morgan fingerprint density at radius 2 is 1.85 bits per heavy atom. The van der Waals surface area contributed by atoms with Gasteiger partial charge in [0.25, 0.3) is 5.91 Å². The number of hydrogen-bond acceptors (Lipinski definition) is 3. The van der Waals surface area contributed by atoms with Gasteiger partial charge in [-0.05, 0) is 37.1 Å². The van der Waals surface area contributed by atoms with Crippen LogP contribution in [0.5, 0.6) is 0 Å². The van der Waals surface area contributed by atoms with E-state index in [1.54, 1.807) is 26.1 Å². The first-order valence-electron chi connectivity index (χ1n) is 7.23. The summed E-state index contributed by atoms with van der Waals surface area (Å²) >= 11 is 0. The summed E-state index contributed by atoms with van der Waals surface area (Å²) in [5, 5.41) is 3.53. The van der Waals surface area contributed by atoms with Crippen LogP contribution in [0.3, 0.4) is 0 Å². The van der Waals surface area contributed by atoms with Gasteiger partial charge in [0.05, 0.1) is 12.1 Å². The number of ether oxygens (including phenoxy) is 1. The number of nitrogens with zero attached hydrogens (tertiary/aromatic N) is 1. The summed E-state index contributed by atoms with van der Waals surface area (Å²) in [6, 6.07) is 8.05. The van der Waals surface area contributed by atoms with E-state index in [0.717, 1.165) is 18.5 Å². The van der Waals surface area contributed by atoms with Crippen molar-refractivity contribution >= 4 is 11.6 Å². The fourth-order valence-corrected chi connectivity index (χ4v) is 2.73. The first kappa shape index (κ1) is 14.9. The number of carbonyl (C=O) groups excluding carboxylic acids is 1. The van der Waals surface area contributed by atoms with E-state index in [-0.39, 0.29) is 12.0 Å². The first-order valence-corrected chi connectivity index (χ1v) is 7.23. The van der Waals surface area contributed by atoms with Crippen LogP contribution in [0.1, 0.15) is 36.0 Å². The number of hydrogen-bond donors (Lipinski definition) is 1. The molecular formula is C16H24N2O2. The molecule has 2 rings (SSSR count). The molecule has 4 nitrogen and oxygen atoms in total. The minimum Gasteiger partial charge on any atom is -0.380 e. The summed E-state index contributed by atoms with van der Waals surface area (Å²) in [6.07, 6.45) is 5.02. The molecule has 20 heavy (non-hydrogen) atoms.